The van der Waals surface area contributed by atoms with Crippen LogP contribution in [0.5, 0.6) is 0 Å². The summed E-state index contributed by atoms with van der Waals surface area (Å²) in [6.07, 6.45) is 1.75. The van der Waals surface area contributed by atoms with Crippen molar-refractivity contribution in [3.8, 4) is 0 Å². The molecule has 2 heterocycles. The summed E-state index contributed by atoms with van der Waals surface area (Å²) in [7, 11) is 0. The highest BCUT2D eigenvalue weighted by molar-refractivity contribution is 7.09. The standard InChI is InChI=1S/C12H15N3S/c1-2-15(9-11-4-3-7-16-11)12-8-10(13)5-6-14-12/h3-8H,2,9H2,1H3,(H2,13,14). The minimum atomic E-state index is 0.759. The maximum atomic E-state index is 5.76. The van der Waals surface area contributed by atoms with Crippen LogP contribution in [0.15, 0.2) is 35.8 Å². The number of rotatable bonds is 4. The first-order valence-corrected chi connectivity index (χ1v) is 6.16. The van der Waals surface area contributed by atoms with Gasteiger partial charge in [-0.05, 0) is 24.4 Å². The molecule has 3 nitrogen and oxygen atoms in total. The molecule has 0 aliphatic rings. The van der Waals surface area contributed by atoms with E-state index in [0.717, 1.165) is 24.6 Å². The van der Waals surface area contributed by atoms with Crippen LogP contribution >= 0.6 is 11.3 Å². The van der Waals surface area contributed by atoms with E-state index in [1.807, 2.05) is 12.1 Å². The molecule has 0 radical (unpaired) electrons. The van der Waals surface area contributed by atoms with E-state index >= 15 is 0 Å². The van der Waals surface area contributed by atoms with Crippen LogP contribution in [0.1, 0.15) is 11.8 Å². The summed E-state index contributed by atoms with van der Waals surface area (Å²) >= 11 is 1.76. The first-order chi connectivity index (χ1) is 7.79. The lowest BCUT2D eigenvalue weighted by atomic mass is 10.3. The van der Waals surface area contributed by atoms with E-state index in [9.17, 15) is 0 Å². The van der Waals surface area contributed by atoms with Crippen LogP contribution in [0.4, 0.5) is 11.5 Å². The molecule has 0 aliphatic heterocycles. The van der Waals surface area contributed by atoms with Crippen molar-refractivity contribution >= 4 is 22.8 Å². The lowest BCUT2D eigenvalue weighted by molar-refractivity contribution is 0.824. The van der Waals surface area contributed by atoms with E-state index in [2.05, 4.69) is 34.3 Å². The number of nitrogen functional groups attached to an aromatic ring is 1. The van der Waals surface area contributed by atoms with Gasteiger partial charge in [0.2, 0.25) is 0 Å². The van der Waals surface area contributed by atoms with E-state index in [-0.39, 0.29) is 0 Å². The molecule has 0 aliphatic carbocycles. The number of pyridine rings is 1. The highest BCUT2D eigenvalue weighted by atomic mass is 32.1. The Labute approximate surface area is 99.5 Å². The third-order valence-corrected chi connectivity index (χ3v) is 3.26. The average molecular weight is 233 g/mol. The summed E-state index contributed by atoms with van der Waals surface area (Å²) in [4.78, 5) is 7.89. The molecule has 84 valence electrons. The van der Waals surface area contributed by atoms with Gasteiger partial charge in [-0.25, -0.2) is 4.98 Å². The number of nitrogens with zero attached hydrogens (tertiary/aromatic N) is 2. The van der Waals surface area contributed by atoms with Crippen molar-refractivity contribution in [2.45, 2.75) is 13.5 Å². The van der Waals surface area contributed by atoms with Gasteiger partial charge in [-0.15, -0.1) is 11.3 Å². The minimum Gasteiger partial charge on any atom is -0.399 e. The maximum absolute atomic E-state index is 5.76. The van der Waals surface area contributed by atoms with Crippen LogP contribution in [0.25, 0.3) is 0 Å². The van der Waals surface area contributed by atoms with Gasteiger partial charge in [-0.2, -0.15) is 0 Å². The molecule has 0 amide bonds. The molecule has 0 spiro atoms. The van der Waals surface area contributed by atoms with Crippen LogP contribution in [-0.4, -0.2) is 11.5 Å². The molecule has 0 bridgehead atoms. The van der Waals surface area contributed by atoms with Gasteiger partial charge in [0.05, 0.1) is 6.54 Å². The molecule has 0 saturated heterocycles. The van der Waals surface area contributed by atoms with Crippen LogP contribution in [0, 0.1) is 0 Å². The van der Waals surface area contributed by atoms with Crippen molar-refractivity contribution in [1.29, 1.82) is 0 Å². The van der Waals surface area contributed by atoms with Crippen molar-refractivity contribution in [3.05, 3.63) is 40.7 Å². The topological polar surface area (TPSA) is 42.1 Å². The minimum absolute atomic E-state index is 0.759. The third kappa shape index (κ3) is 2.52. The van der Waals surface area contributed by atoms with Crippen LogP contribution in [0.3, 0.4) is 0 Å². The van der Waals surface area contributed by atoms with Crippen molar-refractivity contribution in [2.24, 2.45) is 0 Å². The van der Waals surface area contributed by atoms with E-state index in [1.54, 1.807) is 17.5 Å². The lowest BCUT2D eigenvalue weighted by Gasteiger charge is -2.21. The molecule has 0 fully saturated rings. The van der Waals surface area contributed by atoms with Gasteiger partial charge in [0.25, 0.3) is 0 Å². The summed E-state index contributed by atoms with van der Waals surface area (Å²) in [5, 5.41) is 2.09. The molecule has 0 unspecified atom stereocenters. The Morgan fingerprint density at radius 1 is 1.44 bits per heavy atom. The lowest BCUT2D eigenvalue weighted by Crippen LogP contribution is -2.22. The fraction of sp³-hybridized carbons (Fsp3) is 0.250. The first kappa shape index (κ1) is 11.0. The van der Waals surface area contributed by atoms with Gasteiger partial charge in [0.1, 0.15) is 5.82 Å². The quantitative estimate of drug-likeness (QED) is 0.883. The smallest absolute Gasteiger partial charge is 0.130 e. The number of hydrogen-bond acceptors (Lipinski definition) is 4. The second-order valence-electron chi connectivity index (χ2n) is 3.54. The fourth-order valence-corrected chi connectivity index (χ4v) is 2.27. The normalized spacial score (nSPS) is 10.3. The number of hydrogen-bond donors (Lipinski definition) is 1. The highest BCUT2D eigenvalue weighted by Gasteiger charge is 2.07. The number of aromatic nitrogens is 1. The molecular weight excluding hydrogens is 218 g/mol. The van der Waals surface area contributed by atoms with Crippen LogP contribution < -0.4 is 10.6 Å². The Morgan fingerprint density at radius 2 is 2.31 bits per heavy atom. The molecule has 0 saturated carbocycles. The zero-order chi connectivity index (χ0) is 11.4. The van der Waals surface area contributed by atoms with Gasteiger partial charge in [-0.3, -0.25) is 0 Å². The number of thiophene rings is 1. The van der Waals surface area contributed by atoms with Gasteiger partial charge in [0, 0.05) is 29.4 Å². The molecule has 16 heavy (non-hydrogen) atoms. The van der Waals surface area contributed by atoms with Crippen molar-refractivity contribution in [3.63, 3.8) is 0 Å². The number of nitrogens with two attached hydrogens (primary N) is 1. The van der Waals surface area contributed by atoms with Gasteiger partial charge < -0.3 is 10.6 Å². The second-order valence-corrected chi connectivity index (χ2v) is 4.57. The molecule has 2 aromatic heterocycles. The van der Waals surface area contributed by atoms with E-state index in [1.165, 1.54) is 4.88 Å². The Kier molecular flexibility index (Phi) is 3.41. The van der Waals surface area contributed by atoms with E-state index in [0.29, 0.717) is 0 Å². The summed E-state index contributed by atoms with van der Waals surface area (Å²) < 4.78 is 0. The molecule has 4 heteroatoms. The molecular formula is C12H15N3S. The highest BCUT2D eigenvalue weighted by Crippen LogP contribution is 2.18. The van der Waals surface area contributed by atoms with Gasteiger partial charge in [-0.1, -0.05) is 6.07 Å². The number of anilines is 2. The van der Waals surface area contributed by atoms with Crippen molar-refractivity contribution in [2.75, 3.05) is 17.2 Å². The van der Waals surface area contributed by atoms with Gasteiger partial charge >= 0.3 is 0 Å². The summed E-state index contributed by atoms with van der Waals surface area (Å²) in [6, 6.07) is 7.93. The van der Waals surface area contributed by atoms with Gasteiger partial charge in [0.15, 0.2) is 0 Å². The zero-order valence-corrected chi connectivity index (χ0v) is 10.1. The Morgan fingerprint density at radius 3 is 2.94 bits per heavy atom. The molecule has 0 aromatic carbocycles. The first-order valence-electron chi connectivity index (χ1n) is 5.28. The maximum Gasteiger partial charge on any atom is 0.130 e. The Bertz CT molecular complexity index is 439. The van der Waals surface area contributed by atoms with Crippen LogP contribution in [-0.2, 0) is 6.54 Å². The second kappa shape index (κ2) is 4.99. The molecule has 0 atom stereocenters. The van der Waals surface area contributed by atoms with Crippen LogP contribution in [0.2, 0.25) is 0 Å². The van der Waals surface area contributed by atoms with E-state index < -0.39 is 0 Å². The fourth-order valence-electron chi connectivity index (χ4n) is 1.55. The summed E-state index contributed by atoms with van der Waals surface area (Å²) in [5.74, 6) is 0.941. The predicted octanol–water partition coefficient (Wildman–Crippen LogP) is 2.75. The molecule has 2 N–H and O–H groups in total. The zero-order valence-electron chi connectivity index (χ0n) is 9.26. The summed E-state index contributed by atoms with van der Waals surface area (Å²) in [5.41, 5.74) is 6.52. The van der Waals surface area contributed by atoms with Crippen molar-refractivity contribution in [1.82, 2.24) is 4.98 Å². The predicted molar refractivity (Wildman–Crippen MR) is 69.7 cm³/mol. The van der Waals surface area contributed by atoms with Crippen molar-refractivity contribution < 1.29 is 0 Å². The third-order valence-electron chi connectivity index (χ3n) is 2.40. The average Bonchev–Trinajstić information content (AvgIpc) is 2.78. The summed E-state index contributed by atoms with van der Waals surface area (Å²) in [6.45, 7) is 3.94. The largest absolute Gasteiger partial charge is 0.399 e. The Balaban J connectivity index is 2.16. The molecule has 2 rings (SSSR count). The monoisotopic (exact) mass is 233 g/mol. The Hall–Kier alpha value is -1.55. The molecule has 2 aromatic rings. The SMILES string of the molecule is CCN(Cc1cccs1)c1cc(N)ccn1. The van der Waals surface area contributed by atoms with E-state index in [4.69, 9.17) is 5.73 Å².